The summed E-state index contributed by atoms with van der Waals surface area (Å²) in [5.41, 5.74) is 7.47. The molecule has 0 bridgehead atoms. The number of nitrogens with zero attached hydrogens (tertiary/aromatic N) is 2. The van der Waals surface area contributed by atoms with Crippen molar-refractivity contribution in [2.45, 2.75) is 19.2 Å². The molecule has 23 heavy (non-hydrogen) atoms. The summed E-state index contributed by atoms with van der Waals surface area (Å²) in [5.74, 6) is 1.47. The summed E-state index contributed by atoms with van der Waals surface area (Å²) < 4.78 is 10.8. The van der Waals surface area contributed by atoms with E-state index in [9.17, 15) is 5.11 Å². The van der Waals surface area contributed by atoms with Crippen molar-refractivity contribution >= 4 is 28.9 Å². The van der Waals surface area contributed by atoms with Gasteiger partial charge >= 0.3 is 0 Å². The zero-order valence-corrected chi connectivity index (χ0v) is 14.6. The molecule has 0 spiro atoms. The smallest absolute Gasteiger partial charge is 0.180 e. The summed E-state index contributed by atoms with van der Waals surface area (Å²) in [7, 11) is 3.25. The third-order valence-corrected chi connectivity index (χ3v) is 4.62. The Morgan fingerprint density at radius 3 is 2.65 bits per heavy atom. The number of nitrogen functional groups attached to an aromatic ring is 1. The van der Waals surface area contributed by atoms with Crippen LogP contribution in [-0.4, -0.2) is 35.8 Å². The first-order valence-electron chi connectivity index (χ1n) is 6.96. The van der Waals surface area contributed by atoms with Gasteiger partial charge in [-0.05, 0) is 12.1 Å². The molecular formula is C15H20ClN3O3S. The minimum atomic E-state index is -0.612. The van der Waals surface area contributed by atoms with Crippen molar-refractivity contribution in [3.05, 3.63) is 34.3 Å². The SMILES string of the molecule is COc1ccc(OC)c2c1CN(Cc1cnc(N)s1)CC2O.Cl. The van der Waals surface area contributed by atoms with Crippen molar-refractivity contribution in [3.63, 3.8) is 0 Å². The molecule has 3 N–H and O–H groups in total. The van der Waals surface area contributed by atoms with Gasteiger partial charge in [0.15, 0.2) is 5.13 Å². The first-order chi connectivity index (χ1) is 10.6. The number of methoxy groups -OCH3 is 2. The fourth-order valence-electron chi connectivity index (χ4n) is 2.88. The summed E-state index contributed by atoms with van der Waals surface area (Å²) in [6.07, 6.45) is 1.17. The molecule has 1 aliphatic rings. The number of aliphatic hydroxyl groups is 1. The largest absolute Gasteiger partial charge is 0.496 e. The molecule has 0 saturated carbocycles. The molecule has 2 aromatic rings. The molecule has 2 heterocycles. The zero-order chi connectivity index (χ0) is 15.7. The number of halogens is 1. The maximum absolute atomic E-state index is 10.5. The van der Waals surface area contributed by atoms with Crippen molar-refractivity contribution in [2.24, 2.45) is 0 Å². The van der Waals surface area contributed by atoms with Crippen molar-refractivity contribution in [3.8, 4) is 11.5 Å². The zero-order valence-electron chi connectivity index (χ0n) is 13.0. The van der Waals surface area contributed by atoms with E-state index in [1.807, 2.05) is 12.1 Å². The number of hydrogen-bond acceptors (Lipinski definition) is 7. The standard InChI is InChI=1S/C15H19N3O3S.ClH/c1-20-12-3-4-13(21-2)14-10(12)7-18(8-11(14)19)6-9-5-17-15(16)22-9;/h3-5,11,19H,6-8H2,1-2H3,(H2,16,17);1H. The Morgan fingerprint density at radius 2 is 2.04 bits per heavy atom. The predicted octanol–water partition coefficient (Wildman–Crippen LogP) is 2.21. The minimum Gasteiger partial charge on any atom is -0.496 e. The van der Waals surface area contributed by atoms with Gasteiger partial charge in [-0.3, -0.25) is 4.90 Å². The number of nitrogens with two attached hydrogens (primary N) is 1. The molecule has 0 fully saturated rings. The molecule has 0 aliphatic carbocycles. The second kappa shape index (κ2) is 7.35. The Labute approximate surface area is 145 Å². The van der Waals surface area contributed by atoms with Crippen LogP contribution in [0.4, 0.5) is 5.13 Å². The van der Waals surface area contributed by atoms with Crippen LogP contribution in [-0.2, 0) is 13.1 Å². The van der Waals surface area contributed by atoms with Gasteiger partial charge in [-0.15, -0.1) is 23.7 Å². The monoisotopic (exact) mass is 357 g/mol. The van der Waals surface area contributed by atoms with Gasteiger partial charge in [0.1, 0.15) is 11.5 Å². The van der Waals surface area contributed by atoms with Gasteiger partial charge in [-0.2, -0.15) is 0 Å². The van der Waals surface area contributed by atoms with E-state index in [-0.39, 0.29) is 12.4 Å². The number of aromatic nitrogens is 1. The van der Waals surface area contributed by atoms with Crippen LogP contribution in [0.25, 0.3) is 0 Å². The summed E-state index contributed by atoms with van der Waals surface area (Å²) in [5, 5.41) is 11.1. The van der Waals surface area contributed by atoms with E-state index in [2.05, 4.69) is 9.88 Å². The lowest BCUT2D eigenvalue weighted by Gasteiger charge is -2.33. The predicted molar refractivity (Wildman–Crippen MR) is 92.4 cm³/mol. The minimum absolute atomic E-state index is 0. The van der Waals surface area contributed by atoms with Crippen LogP contribution >= 0.6 is 23.7 Å². The second-order valence-corrected chi connectivity index (χ2v) is 6.36. The van der Waals surface area contributed by atoms with E-state index in [0.717, 1.165) is 21.8 Å². The van der Waals surface area contributed by atoms with Crippen LogP contribution < -0.4 is 15.2 Å². The maximum Gasteiger partial charge on any atom is 0.180 e. The van der Waals surface area contributed by atoms with Crippen LogP contribution in [0.5, 0.6) is 11.5 Å². The van der Waals surface area contributed by atoms with Crippen molar-refractivity contribution in [2.75, 3.05) is 26.5 Å². The summed E-state index contributed by atoms with van der Waals surface area (Å²) in [6, 6.07) is 3.71. The molecular weight excluding hydrogens is 338 g/mol. The van der Waals surface area contributed by atoms with Gasteiger partial charge in [0.25, 0.3) is 0 Å². The molecule has 1 unspecified atom stereocenters. The van der Waals surface area contributed by atoms with Crippen molar-refractivity contribution in [1.82, 2.24) is 9.88 Å². The van der Waals surface area contributed by atoms with Crippen molar-refractivity contribution < 1.29 is 14.6 Å². The molecule has 3 rings (SSSR count). The highest BCUT2D eigenvalue weighted by atomic mass is 35.5. The summed E-state index contributed by atoms with van der Waals surface area (Å²) in [4.78, 5) is 7.30. The highest BCUT2D eigenvalue weighted by Gasteiger charge is 2.29. The second-order valence-electron chi connectivity index (χ2n) is 5.21. The Bertz CT molecular complexity index is 680. The number of benzene rings is 1. The lowest BCUT2D eigenvalue weighted by molar-refractivity contribution is 0.0848. The molecule has 0 amide bonds. The van der Waals surface area contributed by atoms with E-state index < -0.39 is 6.10 Å². The van der Waals surface area contributed by atoms with Crippen LogP contribution in [0.3, 0.4) is 0 Å². The highest BCUT2D eigenvalue weighted by molar-refractivity contribution is 7.15. The fourth-order valence-corrected chi connectivity index (χ4v) is 3.61. The van der Waals surface area contributed by atoms with Crippen LogP contribution in [0, 0.1) is 0 Å². The van der Waals surface area contributed by atoms with E-state index in [1.165, 1.54) is 11.3 Å². The van der Waals surface area contributed by atoms with Gasteiger partial charge in [0.2, 0.25) is 0 Å². The van der Waals surface area contributed by atoms with Gasteiger partial charge in [0, 0.05) is 41.8 Å². The Kier molecular flexibility index (Phi) is 5.69. The Morgan fingerprint density at radius 1 is 1.35 bits per heavy atom. The quantitative estimate of drug-likeness (QED) is 0.873. The lowest BCUT2D eigenvalue weighted by Crippen LogP contribution is -2.33. The van der Waals surface area contributed by atoms with Gasteiger partial charge in [-0.25, -0.2) is 4.98 Å². The highest BCUT2D eigenvalue weighted by Crippen LogP contribution is 2.39. The maximum atomic E-state index is 10.5. The molecule has 6 nitrogen and oxygen atoms in total. The molecule has 0 saturated heterocycles. The van der Waals surface area contributed by atoms with E-state index >= 15 is 0 Å². The molecule has 1 aromatic carbocycles. The normalized spacial score (nSPS) is 17.3. The molecule has 126 valence electrons. The van der Waals surface area contributed by atoms with E-state index in [1.54, 1.807) is 20.4 Å². The number of anilines is 1. The van der Waals surface area contributed by atoms with E-state index in [0.29, 0.717) is 30.5 Å². The lowest BCUT2D eigenvalue weighted by atomic mass is 9.95. The van der Waals surface area contributed by atoms with Gasteiger partial charge < -0.3 is 20.3 Å². The average Bonchev–Trinajstić information content (AvgIpc) is 2.91. The van der Waals surface area contributed by atoms with Gasteiger partial charge in [0.05, 0.1) is 20.3 Å². The molecule has 8 heteroatoms. The summed E-state index contributed by atoms with van der Waals surface area (Å²) >= 11 is 1.47. The topological polar surface area (TPSA) is 80.8 Å². The first kappa shape index (κ1) is 17.8. The van der Waals surface area contributed by atoms with E-state index in [4.69, 9.17) is 15.2 Å². The summed E-state index contributed by atoms with van der Waals surface area (Å²) in [6.45, 7) is 1.92. The number of ether oxygens (including phenoxy) is 2. The number of fused-ring (bicyclic) bond motifs is 1. The third-order valence-electron chi connectivity index (χ3n) is 3.81. The first-order valence-corrected chi connectivity index (χ1v) is 7.78. The number of β-amino-alcohol motifs (C(OH)–C–C–N with tert-alkyl or cyclic N) is 1. The van der Waals surface area contributed by atoms with Crippen LogP contribution in [0.15, 0.2) is 18.3 Å². The Hall–Kier alpha value is -1.54. The molecule has 1 aromatic heterocycles. The van der Waals surface area contributed by atoms with Gasteiger partial charge in [-0.1, -0.05) is 0 Å². The molecule has 1 aliphatic heterocycles. The number of thiazole rings is 1. The number of aliphatic hydroxyl groups excluding tert-OH is 1. The van der Waals surface area contributed by atoms with Crippen LogP contribution in [0.2, 0.25) is 0 Å². The number of rotatable bonds is 4. The fraction of sp³-hybridized carbons (Fsp3) is 0.400. The average molecular weight is 358 g/mol. The molecule has 1 atom stereocenters. The molecule has 0 radical (unpaired) electrons. The van der Waals surface area contributed by atoms with Crippen LogP contribution in [0.1, 0.15) is 22.1 Å². The Balaban J connectivity index is 0.00000192. The number of hydrogen-bond donors (Lipinski definition) is 2. The van der Waals surface area contributed by atoms with Crippen molar-refractivity contribution in [1.29, 1.82) is 0 Å². The third kappa shape index (κ3) is 3.53.